The number of nitrogens with one attached hydrogen (secondary N) is 1. The molecule has 0 amide bonds. The first-order chi connectivity index (χ1) is 42.9. The van der Waals surface area contributed by atoms with E-state index >= 15 is 0 Å². The fourth-order valence-corrected chi connectivity index (χ4v) is 10.3. The van der Waals surface area contributed by atoms with E-state index in [1.54, 1.807) is 39.0 Å². The van der Waals surface area contributed by atoms with Crippen molar-refractivity contribution in [3.63, 3.8) is 0 Å². The summed E-state index contributed by atoms with van der Waals surface area (Å²) in [5.74, 6) is 4.16. The standard InChI is InChI=1S/C17H17NO4.C17H17NO2.C17H14O.C12H9NO.C10H16O4/c19-14-10-21-9-13(17(14)20)18-11-5-1-3-7-15(11)22-16-8-4-2-6-12(16)18;1-3-9-16-14(7-1)18(13-6-5-11-19-12-13)15-8-2-4-10-17(15)20-16;18-17(13-11-15-7-3-1-4-8-15)14-12-16-9-5-2-6-10-16;1-3-7-11-9(5-1)13-10-6-2-4-8-12(10)14-11;1-10(2,3)14-9(11)13-8-5-4-6-12-7-8/h1-8,13-14,17,19-20H,9-10H2;1-10,13-14,16H,11-12H2;1-14H;1-8,13H;4-5,8H,6-7H2,1-3H3/b;;13-11+,14-12+;;/t13?,14-,17+;;;;/m1..../s1. The van der Waals surface area contributed by atoms with Crippen LogP contribution in [0.2, 0.25) is 0 Å². The van der Waals surface area contributed by atoms with Gasteiger partial charge in [-0.25, -0.2) is 4.79 Å². The molecular formula is C73H73N3O12. The van der Waals surface area contributed by atoms with Crippen molar-refractivity contribution in [3.05, 3.63) is 254 Å². The highest BCUT2D eigenvalue weighted by atomic mass is 16.7. The topological polar surface area (TPSA) is 167 Å². The van der Waals surface area contributed by atoms with Gasteiger partial charge in [-0.15, -0.1) is 0 Å². The van der Waals surface area contributed by atoms with Crippen LogP contribution in [0.15, 0.2) is 243 Å². The summed E-state index contributed by atoms with van der Waals surface area (Å²) < 4.78 is 43.9. The lowest BCUT2D eigenvalue weighted by Gasteiger charge is -2.45. The molecule has 1 aliphatic carbocycles. The second kappa shape index (κ2) is 30.2. The molecule has 7 atom stereocenters. The summed E-state index contributed by atoms with van der Waals surface area (Å²) in [6.45, 7) is 8.30. The van der Waals surface area contributed by atoms with Crippen LogP contribution in [0, 0.1) is 0 Å². The van der Waals surface area contributed by atoms with E-state index in [0.29, 0.717) is 26.4 Å². The van der Waals surface area contributed by atoms with Gasteiger partial charge in [0.15, 0.2) is 28.8 Å². The molecule has 6 heterocycles. The van der Waals surface area contributed by atoms with Gasteiger partial charge in [-0.05, 0) is 117 Å². The summed E-state index contributed by atoms with van der Waals surface area (Å²) in [4.78, 5) is 27.2. The van der Waals surface area contributed by atoms with Crippen molar-refractivity contribution in [1.29, 1.82) is 0 Å². The van der Waals surface area contributed by atoms with Crippen molar-refractivity contribution in [2.24, 2.45) is 0 Å². The number of aliphatic hydroxyl groups excluding tert-OH is 2. The van der Waals surface area contributed by atoms with E-state index in [1.165, 1.54) is 0 Å². The minimum Gasteiger partial charge on any atom is -0.482 e. The number of hydrogen-bond donors (Lipinski definition) is 3. The Bertz CT molecular complexity index is 3430. The average Bonchev–Trinajstić information content (AvgIpc) is 2.92. The summed E-state index contributed by atoms with van der Waals surface area (Å²) in [6.07, 6.45) is 20.6. The Labute approximate surface area is 514 Å². The number of anilines is 5. The van der Waals surface area contributed by atoms with Crippen molar-refractivity contribution in [2.75, 3.05) is 54.8 Å². The molecule has 88 heavy (non-hydrogen) atoms. The fourth-order valence-electron chi connectivity index (χ4n) is 10.3. The molecular weight excluding hydrogens is 1110 g/mol. The molecule has 3 N–H and O–H groups in total. The van der Waals surface area contributed by atoms with Gasteiger partial charge in [0.2, 0.25) is 0 Å². The highest BCUT2D eigenvalue weighted by Crippen LogP contribution is 2.48. The molecule has 7 aliphatic rings. The molecule has 0 saturated carbocycles. The molecule has 15 nitrogen and oxygen atoms in total. The lowest BCUT2D eigenvalue weighted by atomic mass is 9.97. The van der Waals surface area contributed by atoms with Crippen LogP contribution in [-0.2, 0) is 28.5 Å². The zero-order valence-corrected chi connectivity index (χ0v) is 49.4. The van der Waals surface area contributed by atoms with Crippen LogP contribution in [-0.4, -0.2) is 110 Å². The van der Waals surface area contributed by atoms with Crippen molar-refractivity contribution in [1.82, 2.24) is 0 Å². The fraction of sp³-hybridized carbons (Fsp3) is 0.233. The molecule has 0 spiro atoms. The second-order valence-electron chi connectivity index (χ2n) is 22.0. The molecule has 15 heteroatoms. The highest BCUT2D eigenvalue weighted by molar-refractivity contribution is 6.04. The summed E-state index contributed by atoms with van der Waals surface area (Å²) in [5, 5.41) is 23.7. The zero-order chi connectivity index (χ0) is 61.1. The second-order valence-corrected chi connectivity index (χ2v) is 22.0. The number of allylic oxidation sites excluding steroid dienone is 4. The van der Waals surface area contributed by atoms with Crippen LogP contribution in [0.1, 0.15) is 31.9 Å². The van der Waals surface area contributed by atoms with Gasteiger partial charge < -0.3 is 63.2 Å². The van der Waals surface area contributed by atoms with Gasteiger partial charge in [0.05, 0.1) is 86.2 Å². The van der Waals surface area contributed by atoms with Crippen molar-refractivity contribution >= 4 is 52.5 Å². The summed E-state index contributed by atoms with van der Waals surface area (Å²) >= 11 is 0. The number of carbonyl (C=O) groups is 2. The van der Waals surface area contributed by atoms with Crippen LogP contribution in [0.5, 0.6) is 28.7 Å². The quantitative estimate of drug-likeness (QED) is 0.0783. The first-order valence-corrected chi connectivity index (χ1v) is 29.4. The number of fused-ring (bicyclic) bond motifs is 6. The Kier molecular flexibility index (Phi) is 21.2. The van der Waals surface area contributed by atoms with Gasteiger partial charge in [0, 0.05) is 0 Å². The predicted molar refractivity (Wildman–Crippen MR) is 344 cm³/mol. The number of ketones is 1. The maximum atomic E-state index is 11.6. The molecule has 7 aromatic rings. The van der Waals surface area contributed by atoms with E-state index < -0.39 is 24.0 Å². The Morgan fingerprint density at radius 3 is 1.62 bits per heavy atom. The Morgan fingerprint density at radius 1 is 0.545 bits per heavy atom. The number of rotatable bonds is 7. The smallest absolute Gasteiger partial charge is 0.482 e. The molecule has 0 radical (unpaired) electrons. The van der Waals surface area contributed by atoms with E-state index in [0.717, 1.165) is 74.9 Å². The minimum absolute atomic E-state index is 0.0114. The van der Waals surface area contributed by atoms with E-state index in [2.05, 4.69) is 58.8 Å². The molecule has 1 saturated heterocycles. The third kappa shape index (κ3) is 16.7. The molecule has 1 fully saturated rings. The van der Waals surface area contributed by atoms with E-state index in [-0.39, 0.29) is 42.7 Å². The maximum absolute atomic E-state index is 11.6. The van der Waals surface area contributed by atoms with Gasteiger partial charge in [0.1, 0.15) is 35.8 Å². The van der Waals surface area contributed by atoms with Crippen LogP contribution in [0.3, 0.4) is 0 Å². The summed E-state index contributed by atoms with van der Waals surface area (Å²) in [5.41, 5.74) is 6.45. The lowest BCUT2D eigenvalue weighted by molar-refractivity contribution is -0.110. The average molecular weight is 1180 g/mol. The zero-order valence-electron chi connectivity index (χ0n) is 49.4. The third-order valence-corrected chi connectivity index (χ3v) is 14.4. The van der Waals surface area contributed by atoms with E-state index in [9.17, 15) is 19.8 Å². The number of ether oxygens (including phenoxy) is 8. The lowest BCUT2D eigenvalue weighted by Crippen LogP contribution is -2.55. The number of hydrogen-bond acceptors (Lipinski definition) is 15. The number of carbonyl (C=O) groups excluding carboxylic acids is 2. The Balaban J connectivity index is 0.000000123. The molecule has 452 valence electrons. The SMILES string of the molecule is C1=CC2Oc3ccccc3N(C3C=CCOC3)C2C=C1.CC(C)(C)OC(=O)OC1C=CCOC1.O=C(/C=C/c1ccccc1)/C=C/c1ccccc1.O[C@@H]1COCC(N2c3ccccc3Oc3ccccc32)[C@@H]1O.c1ccc2c(c1)Nc1ccccc1O2. The molecule has 7 aromatic carbocycles. The third-order valence-electron chi connectivity index (χ3n) is 14.4. The van der Waals surface area contributed by atoms with Gasteiger partial charge in [-0.3, -0.25) is 4.79 Å². The summed E-state index contributed by atoms with van der Waals surface area (Å²) in [6, 6.07) is 59.1. The first-order valence-electron chi connectivity index (χ1n) is 29.4. The monoisotopic (exact) mass is 1180 g/mol. The van der Waals surface area contributed by atoms with Crippen LogP contribution in [0.4, 0.5) is 33.2 Å². The number of nitrogens with zero attached hydrogens (tertiary/aromatic N) is 2. The van der Waals surface area contributed by atoms with Crippen molar-refractivity contribution in [3.8, 4) is 28.7 Å². The van der Waals surface area contributed by atoms with Gasteiger partial charge in [-0.1, -0.05) is 170 Å². The number of aliphatic hydroxyl groups is 2. The number of benzene rings is 7. The highest BCUT2D eigenvalue weighted by Gasteiger charge is 2.40. The Morgan fingerprint density at radius 2 is 1.06 bits per heavy atom. The van der Waals surface area contributed by atoms with E-state index in [1.807, 2.05) is 193 Å². The van der Waals surface area contributed by atoms with Crippen molar-refractivity contribution < 1.29 is 57.7 Å². The molecule has 0 bridgehead atoms. The maximum Gasteiger partial charge on any atom is 0.509 e. The van der Waals surface area contributed by atoms with E-state index in [4.69, 9.17) is 37.9 Å². The Hall–Kier alpha value is -9.48. The molecule has 5 unspecified atom stereocenters. The van der Waals surface area contributed by atoms with Crippen LogP contribution >= 0.6 is 0 Å². The predicted octanol–water partition coefficient (Wildman–Crippen LogP) is 14.2. The minimum atomic E-state index is -0.888. The summed E-state index contributed by atoms with van der Waals surface area (Å²) in [7, 11) is 0. The first kappa shape index (κ1) is 61.6. The normalized spacial score (nSPS) is 21.3. The van der Waals surface area contributed by atoms with Gasteiger partial charge >= 0.3 is 6.16 Å². The molecule has 0 aromatic heterocycles. The van der Waals surface area contributed by atoms with Crippen LogP contribution in [0.25, 0.3) is 12.2 Å². The van der Waals surface area contributed by atoms with Crippen molar-refractivity contribution in [2.45, 2.75) is 68.9 Å². The van der Waals surface area contributed by atoms with Crippen LogP contribution < -0.4 is 29.3 Å². The molecule has 6 aliphatic heterocycles. The largest absolute Gasteiger partial charge is 0.509 e. The molecule has 14 rings (SSSR count). The van der Waals surface area contributed by atoms with Gasteiger partial charge in [0.25, 0.3) is 0 Å². The van der Waals surface area contributed by atoms with Gasteiger partial charge in [-0.2, -0.15) is 0 Å². The number of para-hydroxylation sites is 10.